The lowest BCUT2D eigenvalue weighted by atomic mass is 10.2. The third-order valence-corrected chi connectivity index (χ3v) is 8.62. The van der Waals surface area contributed by atoms with E-state index in [1.54, 1.807) is 36.4 Å². The first-order valence-electron chi connectivity index (χ1n) is 16.5. The number of nitro benzene ring substituents is 1. The first-order chi connectivity index (χ1) is 26.4. The molecule has 0 amide bonds. The number of nitrogen functional groups attached to an aromatic ring is 1. The van der Waals surface area contributed by atoms with E-state index in [0.717, 1.165) is 10.3 Å². The lowest BCUT2D eigenvalue weighted by molar-refractivity contribution is -0.384. The number of aliphatic hydroxyl groups excluding tert-OH is 1. The lowest BCUT2D eigenvalue weighted by Crippen LogP contribution is -2.33. The summed E-state index contributed by atoms with van der Waals surface area (Å²) in [6.07, 6.45) is -1.58. The van der Waals surface area contributed by atoms with E-state index in [9.17, 15) is 34.4 Å². The summed E-state index contributed by atoms with van der Waals surface area (Å²) in [5, 5.41) is 37.6. The molecule has 0 saturated carbocycles. The van der Waals surface area contributed by atoms with Crippen molar-refractivity contribution in [1.29, 1.82) is 0 Å². The normalized spacial score (nSPS) is 17.2. The van der Waals surface area contributed by atoms with Gasteiger partial charge in [-0.25, -0.2) is 9.36 Å². The first-order valence-corrected chi connectivity index (χ1v) is 18.0. The molecule has 1 fully saturated rings. The second kappa shape index (κ2) is 18.6. The number of hydrogen-bond donors (Lipinski definition) is 4. The minimum Gasteiger partial charge on any atom is -0.494 e. The van der Waals surface area contributed by atoms with E-state index in [4.69, 9.17) is 29.2 Å². The topological polar surface area (TPSA) is 281 Å². The van der Waals surface area contributed by atoms with Gasteiger partial charge < -0.3 is 44.5 Å². The summed E-state index contributed by atoms with van der Waals surface area (Å²) >= 11 is 0. The molecule has 2 heterocycles. The molecule has 4 aromatic rings. The second-order valence-corrected chi connectivity index (χ2v) is 12.9. The maximum atomic E-state index is 12.3. The fourth-order valence-corrected chi connectivity index (χ4v) is 6.01. The van der Waals surface area contributed by atoms with Crippen LogP contribution in [-0.2, 0) is 18.6 Å². The number of aliphatic hydroxyl groups is 1. The monoisotopic (exact) mass is 783 g/mol. The zero-order valence-electron chi connectivity index (χ0n) is 29.5. The van der Waals surface area contributed by atoms with Crippen LogP contribution in [0.1, 0.15) is 12.6 Å². The number of benzene rings is 3. The van der Waals surface area contributed by atoms with E-state index < -0.39 is 36.9 Å². The van der Waals surface area contributed by atoms with E-state index in [1.807, 2.05) is 4.90 Å². The van der Waals surface area contributed by atoms with Gasteiger partial charge in [0.15, 0.2) is 0 Å². The Balaban J connectivity index is 1.20. The third kappa shape index (κ3) is 11.2. The maximum Gasteiger partial charge on any atom is 0.469 e. The number of rotatable bonds is 18. The predicted octanol–water partition coefficient (Wildman–Crippen LogP) is 4.86. The minimum atomic E-state index is -4.89. The highest BCUT2D eigenvalue weighted by Gasteiger charge is 2.41. The summed E-state index contributed by atoms with van der Waals surface area (Å²) < 4.78 is 40.4. The van der Waals surface area contributed by atoms with Crippen LogP contribution in [-0.4, -0.2) is 88.7 Å². The maximum absolute atomic E-state index is 12.3. The Kier molecular flexibility index (Phi) is 13.7. The van der Waals surface area contributed by atoms with E-state index in [-0.39, 0.29) is 44.3 Å². The average molecular weight is 784 g/mol. The van der Waals surface area contributed by atoms with Crippen molar-refractivity contribution in [3.8, 4) is 11.5 Å². The molecule has 5 N–H and O–H groups in total. The van der Waals surface area contributed by atoms with Crippen LogP contribution in [0.3, 0.4) is 0 Å². The largest absolute Gasteiger partial charge is 0.494 e. The van der Waals surface area contributed by atoms with Gasteiger partial charge in [-0.2, -0.15) is 15.2 Å². The van der Waals surface area contributed by atoms with Crippen molar-refractivity contribution >= 4 is 47.8 Å². The van der Waals surface area contributed by atoms with Gasteiger partial charge in [0.05, 0.1) is 50.3 Å². The lowest BCUT2D eigenvalue weighted by Gasteiger charge is -2.25. The molecule has 0 aliphatic carbocycles. The fourth-order valence-electron chi connectivity index (χ4n) is 5.43. The quantitative estimate of drug-likeness (QED) is 0.0345. The Morgan fingerprint density at radius 3 is 2.11 bits per heavy atom. The molecule has 292 valence electrons. The molecule has 5 rings (SSSR count). The van der Waals surface area contributed by atoms with Crippen molar-refractivity contribution in [3.05, 3.63) is 93.5 Å². The van der Waals surface area contributed by atoms with Crippen LogP contribution in [0.15, 0.2) is 98.2 Å². The van der Waals surface area contributed by atoms with Gasteiger partial charge in [0.1, 0.15) is 47.1 Å². The van der Waals surface area contributed by atoms with Gasteiger partial charge >= 0.3 is 13.5 Å². The van der Waals surface area contributed by atoms with Gasteiger partial charge in [0.25, 0.3) is 5.69 Å². The Labute approximate surface area is 313 Å². The van der Waals surface area contributed by atoms with Crippen LogP contribution in [0.4, 0.5) is 39.9 Å². The summed E-state index contributed by atoms with van der Waals surface area (Å²) in [7, 11) is -1.98. The van der Waals surface area contributed by atoms with Gasteiger partial charge in [-0.15, -0.1) is 10.2 Å². The zero-order valence-corrected chi connectivity index (χ0v) is 30.4. The van der Waals surface area contributed by atoms with Crippen molar-refractivity contribution < 1.29 is 47.9 Å². The molecule has 0 spiro atoms. The molecule has 3 aromatic carbocycles. The van der Waals surface area contributed by atoms with Gasteiger partial charge in [-0.05, 0) is 42.5 Å². The molecular weight excluding hydrogens is 745 g/mol. The molecule has 22 heteroatoms. The molecule has 55 heavy (non-hydrogen) atoms. The van der Waals surface area contributed by atoms with Crippen molar-refractivity contribution in [2.45, 2.75) is 24.9 Å². The van der Waals surface area contributed by atoms with Gasteiger partial charge in [0, 0.05) is 55.7 Å². The minimum absolute atomic E-state index is 0.0164. The van der Waals surface area contributed by atoms with Crippen LogP contribution >= 0.6 is 7.82 Å². The summed E-state index contributed by atoms with van der Waals surface area (Å²) in [4.78, 5) is 47.1. The van der Waals surface area contributed by atoms with Crippen LogP contribution in [0, 0.1) is 10.1 Å². The molecule has 21 nitrogen and oxygen atoms in total. The van der Waals surface area contributed by atoms with Crippen LogP contribution < -0.4 is 25.8 Å². The van der Waals surface area contributed by atoms with Gasteiger partial charge in [0.2, 0.25) is 0 Å². The highest BCUT2D eigenvalue weighted by molar-refractivity contribution is 7.46. The summed E-state index contributed by atoms with van der Waals surface area (Å²) in [6.45, 7) is 0.482. The SMILES string of the molecule is COc1cc(N=Nc2ccc([N+](=O)[O-])cc2)c(OC)cc1N=Nc1ccc(N(CCO)CCOC[C@H]2O[C@@H](n3ccc(N)nc3=O)C[C@@H]2OP(=O)(O)O)cc1. The van der Waals surface area contributed by atoms with Gasteiger partial charge in [-0.1, -0.05) is 0 Å². The standard InChI is InChI=1S/C33H38N9O12P/c1-50-27-18-26(39-37-22-5-9-24(10-6-22)42(45)46)28(51-2)17-25(27)38-36-21-3-7-23(8-4-21)40(13-15-43)14-16-52-20-30-29(54-55(47,48)49)19-32(53-30)41-12-11-31(34)35-33(41)44/h3-12,17-18,29-30,32,43H,13-16,19-20H2,1-2H3,(H2,34,35,44)(H2,47,48,49)/t29-,30+,32+/m0/s1. The fraction of sp³-hybridized carbons (Fsp3) is 0.333. The Morgan fingerprint density at radius 2 is 1.58 bits per heavy atom. The zero-order chi connectivity index (χ0) is 39.5. The number of phosphoric acid groups is 1. The van der Waals surface area contributed by atoms with Crippen LogP contribution in [0.2, 0.25) is 0 Å². The number of methoxy groups -OCH3 is 2. The third-order valence-electron chi connectivity index (χ3n) is 8.07. The molecule has 1 aromatic heterocycles. The first kappa shape index (κ1) is 40.5. The van der Waals surface area contributed by atoms with Crippen molar-refractivity contribution in [2.75, 3.05) is 57.8 Å². The number of nitro groups is 1. The predicted molar refractivity (Wildman–Crippen MR) is 196 cm³/mol. The number of nitrogens with zero attached hydrogens (tertiary/aromatic N) is 8. The number of aromatic nitrogens is 2. The molecule has 0 radical (unpaired) electrons. The smallest absolute Gasteiger partial charge is 0.469 e. The highest BCUT2D eigenvalue weighted by atomic mass is 31.2. The number of anilines is 2. The van der Waals surface area contributed by atoms with E-state index in [2.05, 4.69) is 25.4 Å². The highest BCUT2D eigenvalue weighted by Crippen LogP contribution is 2.44. The van der Waals surface area contributed by atoms with E-state index in [1.165, 1.54) is 50.7 Å². The van der Waals surface area contributed by atoms with Crippen LogP contribution in [0.25, 0.3) is 0 Å². The number of azo groups is 2. The van der Waals surface area contributed by atoms with Crippen molar-refractivity contribution in [3.63, 3.8) is 0 Å². The average Bonchev–Trinajstić information content (AvgIpc) is 3.54. The van der Waals surface area contributed by atoms with Gasteiger partial charge in [-0.3, -0.25) is 19.2 Å². The molecule has 1 aliphatic heterocycles. The second-order valence-electron chi connectivity index (χ2n) is 11.7. The number of non-ortho nitro benzene ring substituents is 1. The van der Waals surface area contributed by atoms with Crippen LogP contribution in [0.5, 0.6) is 11.5 Å². The number of ether oxygens (including phenoxy) is 4. The molecule has 0 unspecified atom stereocenters. The summed E-state index contributed by atoms with van der Waals surface area (Å²) in [5.74, 6) is 0.682. The van der Waals surface area contributed by atoms with Crippen molar-refractivity contribution in [1.82, 2.24) is 9.55 Å². The molecular formula is C33H38N9O12P. The molecule has 3 atom stereocenters. The number of phosphoric ester groups is 1. The Morgan fingerprint density at radius 1 is 0.982 bits per heavy atom. The Hall–Kier alpha value is -5.67. The summed E-state index contributed by atoms with van der Waals surface area (Å²) in [5.41, 5.74) is 7.13. The number of nitrogens with two attached hydrogens (primary N) is 1. The molecule has 1 aliphatic rings. The number of hydrogen-bond acceptors (Lipinski definition) is 17. The Bertz CT molecular complexity index is 2100. The molecule has 0 bridgehead atoms. The van der Waals surface area contributed by atoms with E-state index in [0.29, 0.717) is 40.8 Å². The summed E-state index contributed by atoms with van der Waals surface area (Å²) in [6, 6.07) is 17.2. The van der Waals surface area contributed by atoms with Crippen molar-refractivity contribution in [2.24, 2.45) is 20.5 Å². The molecule has 1 saturated heterocycles. The van der Waals surface area contributed by atoms with E-state index >= 15 is 0 Å².